The molecule has 0 aliphatic carbocycles. The Morgan fingerprint density at radius 2 is 1.53 bits per heavy atom. The van der Waals surface area contributed by atoms with Crippen LogP contribution in [0, 0.1) is 17.1 Å². The van der Waals surface area contributed by atoms with Crippen molar-refractivity contribution >= 4 is 5.91 Å². The minimum atomic E-state index is -0.249. The Morgan fingerprint density at radius 3 is 2.20 bits per heavy atom. The SMILES string of the molecule is N#Cc1cccc(C(=O)N2CCN([C@@H](c3ccccc3)c3ccc(F)cc3)CC2)c1. The van der Waals surface area contributed by atoms with Crippen LogP contribution in [0.5, 0.6) is 0 Å². The Labute approximate surface area is 175 Å². The van der Waals surface area contributed by atoms with Gasteiger partial charge in [0.15, 0.2) is 0 Å². The van der Waals surface area contributed by atoms with Crippen LogP contribution < -0.4 is 0 Å². The summed E-state index contributed by atoms with van der Waals surface area (Å²) in [6.45, 7) is 2.61. The molecular weight excluding hydrogens is 377 g/mol. The second-order valence-electron chi connectivity index (χ2n) is 7.39. The molecule has 0 aromatic heterocycles. The highest BCUT2D eigenvalue weighted by Crippen LogP contribution is 2.30. The Bertz CT molecular complexity index is 1050. The Kier molecular flexibility index (Phi) is 5.87. The monoisotopic (exact) mass is 399 g/mol. The van der Waals surface area contributed by atoms with Crippen LogP contribution in [-0.4, -0.2) is 41.9 Å². The van der Waals surface area contributed by atoms with Gasteiger partial charge in [-0.05, 0) is 41.5 Å². The molecule has 0 unspecified atom stereocenters. The van der Waals surface area contributed by atoms with E-state index in [1.165, 1.54) is 12.1 Å². The number of piperazine rings is 1. The van der Waals surface area contributed by atoms with Crippen molar-refractivity contribution in [2.45, 2.75) is 6.04 Å². The minimum absolute atomic E-state index is 0.00553. The highest BCUT2D eigenvalue weighted by molar-refractivity contribution is 5.94. The molecule has 4 rings (SSSR count). The number of benzene rings is 3. The zero-order valence-electron chi connectivity index (χ0n) is 16.5. The van der Waals surface area contributed by atoms with Gasteiger partial charge in [0.1, 0.15) is 5.82 Å². The summed E-state index contributed by atoms with van der Waals surface area (Å²) >= 11 is 0. The molecule has 3 aromatic rings. The molecule has 0 saturated carbocycles. The van der Waals surface area contributed by atoms with Crippen LogP contribution in [0.2, 0.25) is 0 Å². The maximum atomic E-state index is 13.5. The van der Waals surface area contributed by atoms with Crippen LogP contribution in [0.1, 0.15) is 33.1 Å². The molecule has 4 nitrogen and oxygen atoms in total. The van der Waals surface area contributed by atoms with Gasteiger partial charge < -0.3 is 4.90 Å². The molecule has 1 atom stereocenters. The number of amides is 1. The van der Waals surface area contributed by atoms with Gasteiger partial charge in [0.05, 0.1) is 17.7 Å². The zero-order chi connectivity index (χ0) is 20.9. The van der Waals surface area contributed by atoms with E-state index in [-0.39, 0.29) is 17.8 Å². The fourth-order valence-corrected chi connectivity index (χ4v) is 3.98. The molecule has 0 radical (unpaired) electrons. The Morgan fingerprint density at radius 1 is 0.867 bits per heavy atom. The van der Waals surface area contributed by atoms with E-state index in [0.717, 1.165) is 11.1 Å². The first-order valence-corrected chi connectivity index (χ1v) is 9.99. The van der Waals surface area contributed by atoms with E-state index < -0.39 is 0 Å². The van der Waals surface area contributed by atoms with Crippen molar-refractivity contribution in [3.63, 3.8) is 0 Å². The quantitative estimate of drug-likeness (QED) is 0.659. The third-order valence-electron chi connectivity index (χ3n) is 5.51. The fourth-order valence-electron chi connectivity index (χ4n) is 3.98. The van der Waals surface area contributed by atoms with Crippen LogP contribution in [0.15, 0.2) is 78.9 Å². The lowest BCUT2D eigenvalue weighted by Gasteiger charge is -2.39. The largest absolute Gasteiger partial charge is 0.336 e. The normalized spacial score (nSPS) is 15.4. The van der Waals surface area contributed by atoms with Gasteiger partial charge >= 0.3 is 0 Å². The van der Waals surface area contributed by atoms with Crippen molar-refractivity contribution in [3.8, 4) is 6.07 Å². The lowest BCUT2D eigenvalue weighted by atomic mass is 9.96. The van der Waals surface area contributed by atoms with Crippen LogP contribution >= 0.6 is 0 Å². The van der Waals surface area contributed by atoms with E-state index >= 15 is 0 Å². The van der Waals surface area contributed by atoms with Gasteiger partial charge in [-0.3, -0.25) is 9.69 Å². The molecule has 1 aliphatic heterocycles. The number of rotatable bonds is 4. The molecule has 1 heterocycles. The van der Waals surface area contributed by atoms with Crippen LogP contribution in [0.3, 0.4) is 0 Å². The van der Waals surface area contributed by atoms with E-state index in [0.29, 0.717) is 37.3 Å². The molecule has 1 aliphatic rings. The molecule has 1 fully saturated rings. The second-order valence-corrected chi connectivity index (χ2v) is 7.39. The molecule has 0 bridgehead atoms. The van der Waals surface area contributed by atoms with Crippen LogP contribution in [0.4, 0.5) is 4.39 Å². The second kappa shape index (κ2) is 8.89. The summed E-state index contributed by atoms with van der Waals surface area (Å²) in [7, 11) is 0. The van der Waals surface area contributed by atoms with Crippen molar-refractivity contribution < 1.29 is 9.18 Å². The van der Waals surface area contributed by atoms with Gasteiger partial charge in [-0.1, -0.05) is 48.5 Å². The summed E-state index contributed by atoms with van der Waals surface area (Å²) in [4.78, 5) is 17.0. The summed E-state index contributed by atoms with van der Waals surface area (Å²) < 4.78 is 13.5. The average Bonchev–Trinajstić information content (AvgIpc) is 2.81. The maximum Gasteiger partial charge on any atom is 0.253 e. The molecule has 1 amide bonds. The molecular formula is C25H22FN3O. The fraction of sp³-hybridized carbons (Fsp3) is 0.200. The number of nitrogens with zero attached hydrogens (tertiary/aromatic N) is 3. The first-order chi connectivity index (χ1) is 14.7. The predicted molar refractivity (Wildman–Crippen MR) is 113 cm³/mol. The summed E-state index contributed by atoms with van der Waals surface area (Å²) in [6, 6.07) is 25.7. The Hall–Kier alpha value is -3.49. The number of hydrogen-bond donors (Lipinski definition) is 0. The third-order valence-corrected chi connectivity index (χ3v) is 5.51. The first-order valence-electron chi connectivity index (χ1n) is 9.99. The summed E-state index contributed by atoms with van der Waals surface area (Å²) in [5.41, 5.74) is 3.20. The van der Waals surface area contributed by atoms with Gasteiger partial charge in [-0.2, -0.15) is 5.26 Å². The molecule has 0 N–H and O–H groups in total. The molecule has 1 saturated heterocycles. The predicted octanol–water partition coefficient (Wildman–Crippen LogP) is 4.24. The van der Waals surface area contributed by atoms with Crippen LogP contribution in [0.25, 0.3) is 0 Å². The minimum Gasteiger partial charge on any atom is -0.336 e. The number of carbonyl (C=O) groups excluding carboxylic acids is 1. The molecule has 150 valence electrons. The van der Waals surface area contributed by atoms with Gasteiger partial charge in [0.2, 0.25) is 0 Å². The van der Waals surface area contributed by atoms with E-state index in [1.54, 1.807) is 24.3 Å². The van der Waals surface area contributed by atoms with E-state index in [1.807, 2.05) is 35.2 Å². The lowest BCUT2D eigenvalue weighted by Crippen LogP contribution is -2.49. The third kappa shape index (κ3) is 4.24. The first kappa shape index (κ1) is 19.8. The lowest BCUT2D eigenvalue weighted by molar-refractivity contribution is 0.0597. The highest BCUT2D eigenvalue weighted by Gasteiger charge is 2.28. The number of nitriles is 1. The van der Waals surface area contributed by atoms with Crippen molar-refractivity contribution in [2.24, 2.45) is 0 Å². The standard InChI is InChI=1S/C25H22FN3O/c26-23-11-9-21(10-12-23)24(20-6-2-1-3-7-20)28-13-15-29(16-14-28)25(30)22-8-4-5-19(17-22)18-27/h1-12,17,24H,13-16H2/t24-/m0/s1. The number of halogens is 1. The van der Waals surface area contributed by atoms with E-state index in [2.05, 4.69) is 23.1 Å². The zero-order valence-corrected chi connectivity index (χ0v) is 16.5. The van der Waals surface area contributed by atoms with Crippen molar-refractivity contribution in [1.29, 1.82) is 5.26 Å². The van der Waals surface area contributed by atoms with Crippen molar-refractivity contribution in [3.05, 3.63) is 107 Å². The molecule has 5 heteroatoms. The van der Waals surface area contributed by atoms with Gasteiger partial charge in [0.25, 0.3) is 5.91 Å². The van der Waals surface area contributed by atoms with Crippen molar-refractivity contribution in [2.75, 3.05) is 26.2 Å². The molecule has 0 spiro atoms. The molecule has 3 aromatic carbocycles. The summed E-state index contributed by atoms with van der Waals surface area (Å²) in [5, 5.41) is 9.08. The number of carbonyl (C=O) groups is 1. The van der Waals surface area contributed by atoms with Gasteiger partial charge in [-0.25, -0.2) is 4.39 Å². The maximum absolute atomic E-state index is 13.5. The van der Waals surface area contributed by atoms with Gasteiger partial charge in [0, 0.05) is 31.7 Å². The smallest absolute Gasteiger partial charge is 0.253 e. The van der Waals surface area contributed by atoms with E-state index in [4.69, 9.17) is 5.26 Å². The highest BCUT2D eigenvalue weighted by atomic mass is 19.1. The van der Waals surface area contributed by atoms with E-state index in [9.17, 15) is 9.18 Å². The summed E-state index contributed by atoms with van der Waals surface area (Å²) in [5.74, 6) is -0.301. The van der Waals surface area contributed by atoms with Crippen molar-refractivity contribution in [1.82, 2.24) is 9.80 Å². The topological polar surface area (TPSA) is 47.3 Å². The Balaban J connectivity index is 1.52. The number of hydrogen-bond acceptors (Lipinski definition) is 3. The summed E-state index contributed by atoms with van der Waals surface area (Å²) in [6.07, 6.45) is 0. The average molecular weight is 399 g/mol. The van der Waals surface area contributed by atoms with Crippen LogP contribution in [-0.2, 0) is 0 Å². The molecule has 30 heavy (non-hydrogen) atoms. The van der Waals surface area contributed by atoms with Gasteiger partial charge in [-0.15, -0.1) is 0 Å².